The highest BCUT2D eigenvalue weighted by atomic mass is 35.5. The largest absolute Gasteiger partial charge is 0.375 e. The van der Waals surface area contributed by atoms with Crippen molar-refractivity contribution in [3.63, 3.8) is 0 Å². The molecule has 0 saturated carbocycles. The molecule has 0 bridgehead atoms. The van der Waals surface area contributed by atoms with Crippen LogP contribution in [0, 0.1) is 17.0 Å². The Balaban J connectivity index is 2.22. The minimum absolute atomic E-state index is 0.0852. The van der Waals surface area contributed by atoms with E-state index in [0.29, 0.717) is 17.3 Å². The number of anilines is 1. The minimum atomic E-state index is -0.382. The lowest BCUT2D eigenvalue weighted by molar-refractivity contribution is -0.384. The lowest BCUT2D eigenvalue weighted by atomic mass is 10.1. The third-order valence-electron chi connectivity index (χ3n) is 2.81. The van der Waals surface area contributed by atoms with E-state index in [1.807, 2.05) is 31.2 Å². The first kappa shape index (κ1) is 13.4. The standard InChI is InChI=1S/C14H13ClN2O2/c1-10-4-2-7-13(17(18)19)14(10)16-9-11-5-3-6-12(15)8-11/h2-8,16H,9H2,1H3. The first-order valence-electron chi connectivity index (χ1n) is 5.80. The maximum Gasteiger partial charge on any atom is 0.292 e. The van der Waals surface area contributed by atoms with Gasteiger partial charge in [-0.15, -0.1) is 0 Å². The van der Waals surface area contributed by atoms with E-state index < -0.39 is 0 Å². The molecular weight excluding hydrogens is 264 g/mol. The zero-order valence-electron chi connectivity index (χ0n) is 10.4. The molecule has 0 fully saturated rings. The number of rotatable bonds is 4. The normalized spacial score (nSPS) is 10.2. The molecule has 4 nitrogen and oxygen atoms in total. The summed E-state index contributed by atoms with van der Waals surface area (Å²) >= 11 is 5.90. The van der Waals surface area contributed by atoms with E-state index in [1.165, 1.54) is 6.07 Å². The Hall–Kier alpha value is -2.07. The fraction of sp³-hybridized carbons (Fsp3) is 0.143. The van der Waals surface area contributed by atoms with Gasteiger partial charge in [0, 0.05) is 17.6 Å². The molecule has 19 heavy (non-hydrogen) atoms. The van der Waals surface area contributed by atoms with E-state index in [1.54, 1.807) is 12.1 Å². The van der Waals surface area contributed by atoms with Gasteiger partial charge in [-0.1, -0.05) is 35.9 Å². The van der Waals surface area contributed by atoms with Crippen molar-refractivity contribution in [1.82, 2.24) is 0 Å². The van der Waals surface area contributed by atoms with Gasteiger partial charge in [-0.25, -0.2) is 0 Å². The molecule has 0 heterocycles. The Morgan fingerprint density at radius 2 is 2.00 bits per heavy atom. The zero-order valence-corrected chi connectivity index (χ0v) is 11.1. The van der Waals surface area contributed by atoms with Crippen molar-refractivity contribution >= 4 is 23.0 Å². The topological polar surface area (TPSA) is 55.2 Å². The molecule has 5 heteroatoms. The quantitative estimate of drug-likeness (QED) is 0.673. The van der Waals surface area contributed by atoms with Gasteiger partial charge < -0.3 is 5.32 Å². The van der Waals surface area contributed by atoms with Crippen molar-refractivity contribution < 1.29 is 4.92 Å². The Labute approximate surface area is 116 Å². The summed E-state index contributed by atoms with van der Waals surface area (Å²) in [6, 6.07) is 12.4. The zero-order chi connectivity index (χ0) is 13.8. The number of nitro benzene ring substituents is 1. The van der Waals surface area contributed by atoms with Crippen LogP contribution in [0.5, 0.6) is 0 Å². The van der Waals surface area contributed by atoms with E-state index in [2.05, 4.69) is 5.32 Å². The number of hydrogen-bond acceptors (Lipinski definition) is 3. The van der Waals surface area contributed by atoms with Crippen LogP contribution in [0.2, 0.25) is 5.02 Å². The number of benzene rings is 2. The van der Waals surface area contributed by atoms with Crippen LogP contribution in [0.15, 0.2) is 42.5 Å². The summed E-state index contributed by atoms with van der Waals surface area (Å²) in [7, 11) is 0. The fourth-order valence-corrected chi connectivity index (χ4v) is 2.08. The molecule has 0 radical (unpaired) electrons. The third-order valence-corrected chi connectivity index (χ3v) is 3.04. The Morgan fingerprint density at radius 1 is 1.26 bits per heavy atom. The predicted octanol–water partition coefficient (Wildman–Crippen LogP) is 4.17. The molecule has 1 N–H and O–H groups in total. The molecule has 0 aromatic heterocycles. The molecule has 0 amide bonds. The van der Waals surface area contributed by atoms with E-state index in [-0.39, 0.29) is 10.6 Å². The maximum absolute atomic E-state index is 11.0. The van der Waals surface area contributed by atoms with E-state index in [0.717, 1.165) is 11.1 Å². The summed E-state index contributed by atoms with van der Waals surface area (Å²) in [5.41, 5.74) is 2.45. The van der Waals surface area contributed by atoms with Crippen LogP contribution < -0.4 is 5.32 Å². The highest BCUT2D eigenvalue weighted by molar-refractivity contribution is 6.30. The van der Waals surface area contributed by atoms with Crippen molar-refractivity contribution in [2.24, 2.45) is 0 Å². The lowest BCUT2D eigenvalue weighted by Gasteiger charge is -2.10. The Morgan fingerprint density at radius 3 is 2.68 bits per heavy atom. The molecule has 0 unspecified atom stereocenters. The van der Waals surface area contributed by atoms with Gasteiger partial charge in [-0.05, 0) is 30.2 Å². The monoisotopic (exact) mass is 276 g/mol. The lowest BCUT2D eigenvalue weighted by Crippen LogP contribution is -2.04. The second-order valence-corrected chi connectivity index (χ2v) is 4.65. The van der Waals surface area contributed by atoms with Crippen LogP contribution in [0.1, 0.15) is 11.1 Å². The van der Waals surface area contributed by atoms with Crippen LogP contribution in [-0.2, 0) is 6.54 Å². The molecule has 2 aromatic carbocycles. The SMILES string of the molecule is Cc1cccc([N+](=O)[O-])c1NCc1cccc(Cl)c1. The van der Waals surface area contributed by atoms with Gasteiger partial charge in [0.25, 0.3) is 5.69 Å². The maximum atomic E-state index is 11.0. The van der Waals surface area contributed by atoms with Crippen LogP contribution in [0.25, 0.3) is 0 Å². The van der Waals surface area contributed by atoms with Crippen LogP contribution in [0.3, 0.4) is 0 Å². The van der Waals surface area contributed by atoms with Gasteiger partial charge in [0.1, 0.15) is 5.69 Å². The molecule has 98 valence electrons. The van der Waals surface area contributed by atoms with Gasteiger partial charge in [0.05, 0.1) is 4.92 Å². The molecule has 0 aliphatic heterocycles. The summed E-state index contributed by atoms with van der Waals surface area (Å²) in [4.78, 5) is 10.6. The Kier molecular flexibility index (Phi) is 4.02. The second kappa shape index (κ2) is 5.71. The molecule has 0 aliphatic rings. The highest BCUT2D eigenvalue weighted by Crippen LogP contribution is 2.28. The summed E-state index contributed by atoms with van der Waals surface area (Å²) in [6.07, 6.45) is 0. The predicted molar refractivity (Wildman–Crippen MR) is 76.6 cm³/mol. The van der Waals surface area contributed by atoms with Crippen molar-refractivity contribution in [1.29, 1.82) is 0 Å². The molecule has 2 aromatic rings. The number of nitro groups is 1. The summed E-state index contributed by atoms with van der Waals surface area (Å²) < 4.78 is 0. The molecule has 0 aliphatic carbocycles. The van der Waals surface area contributed by atoms with Crippen molar-refractivity contribution in [2.75, 3.05) is 5.32 Å². The summed E-state index contributed by atoms with van der Waals surface area (Å²) in [5.74, 6) is 0. The van der Waals surface area contributed by atoms with Crippen molar-refractivity contribution in [2.45, 2.75) is 13.5 Å². The summed E-state index contributed by atoms with van der Waals surface area (Å²) in [6.45, 7) is 2.33. The number of hydrogen-bond donors (Lipinski definition) is 1. The molecule has 0 saturated heterocycles. The van der Waals surface area contributed by atoms with E-state index in [9.17, 15) is 10.1 Å². The number of aryl methyl sites for hydroxylation is 1. The van der Waals surface area contributed by atoms with Gasteiger partial charge in [0.2, 0.25) is 0 Å². The van der Waals surface area contributed by atoms with Gasteiger partial charge in [-0.2, -0.15) is 0 Å². The first-order valence-corrected chi connectivity index (χ1v) is 6.18. The van der Waals surface area contributed by atoms with Gasteiger partial charge >= 0.3 is 0 Å². The second-order valence-electron chi connectivity index (χ2n) is 4.21. The fourth-order valence-electron chi connectivity index (χ4n) is 1.87. The van der Waals surface area contributed by atoms with Crippen molar-refractivity contribution in [3.8, 4) is 0 Å². The summed E-state index contributed by atoms with van der Waals surface area (Å²) in [5, 5.41) is 14.7. The van der Waals surface area contributed by atoms with E-state index >= 15 is 0 Å². The number of para-hydroxylation sites is 1. The highest BCUT2D eigenvalue weighted by Gasteiger charge is 2.14. The first-order chi connectivity index (χ1) is 9.08. The Bertz CT molecular complexity index is 614. The van der Waals surface area contributed by atoms with Crippen LogP contribution >= 0.6 is 11.6 Å². The third kappa shape index (κ3) is 3.23. The average Bonchev–Trinajstić information content (AvgIpc) is 2.37. The smallest absolute Gasteiger partial charge is 0.292 e. The number of nitrogens with zero attached hydrogens (tertiary/aromatic N) is 1. The van der Waals surface area contributed by atoms with Gasteiger partial charge in [-0.3, -0.25) is 10.1 Å². The molecule has 2 rings (SSSR count). The average molecular weight is 277 g/mol. The van der Waals surface area contributed by atoms with Gasteiger partial charge in [0.15, 0.2) is 0 Å². The van der Waals surface area contributed by atoms with Crippen molar-refractivity contribution in [3.05, 3.63) is 68.7 Å². The molecule has 0 atom stereocenters. The molecular formula is C14H13ClN2O2. The molecule has 0 spiro atoms. The van der Waals surface area contributed by atoms with Crippen LogP contribution in [0.4, 0.5) is 11.4 Å². The number of nitrogens with one attached hydrogen (secondary N) is 1. The minimum Gasteiger partial charge on any atom is -0.375 e. The van der Waals surface area contributed by atoms with E-state index in [4.69, 9.17) is 11.6 Å². The number of halogens is 1. The van der Waals surface area contributed by atoms with Crippen LogP contribution in [-0.4, -0.2) is 4.92 Å².